The van der Waals surface area contributed by atoms with Crippen molar-refractivity contribution >= 4 is 38.7 Å². The zero-order valence-corrected chi connectivity index (χ0v) is 15.7. The molecule has 0 amide bonds. The number of hydrogen-bond acceptors (Lipinski definition) is 6. The first-order chi connectivity index (χ1) is 13.0. The van der Waals surface area contributed by atoms with Crippen molar-refractivity contribution < 1.29 is 17.4 Å². The third kappa shape index (κ3) is 3.17. The van der Waals surface area contributed by atoms with Gasteiger partial charge in [-0.15, -0.1) is 0 Å². The summed E-state index contributed by atoms with van der Waals surface area (Å²) < 4.78 is 37.7. The SMILES string of the molecule is CCN(c1nc2cc(Cl)ccc2o1)S(=O)(=O)c1ccc(-c2ccon2)cc1. The van der Waals surface area contributed by atoms with Crippen LogP contribution >= 0.6 is 11.6 Å². The molecule has 0 atom stereocenters. The van der Waals surface area contributed by atoms with Crippen LogP contribution in [-0.4, -0.2) is 25.1 Å². The Hall–Kier alpha value is -2.84. The van der Waals surface area contributed by atoms with Gasteiger partial charge in [-0.2, -0.15) is 4.98 Å². The predicted molar refractivity (Wildman–Crippen MR) is 101 cm³/mol. The molecule has 4 aromatic rings. The Bertz CT molecular complexity index is 1190. The van der Waals surface area contributed by atoms with Crippen molar-refractivity contribution in [3.05, 3.63) is 59.8 Å². The summed E-state index contributed by atoms with van der Waals surface area (Å²) in [5, 5.41) is 4.33. The lowest BCUT2D eigenvalue weighted by Crippen LogP contribution is -2.31. The van der Waals surface area contributed by atoms with E-state index in [9.17, 15) is 8.42 Å². The largest absolute Gasteiger partial charge is 0.423 e. The molecule has 9 heteroatoms. The number of benzene rings is 2. The lowest BCUT2D eigenvalue weighted by atomic mass is 10.2. The van der Waals surface area contributed by atoms with Gasteiger partial charge in [-0.25, -0.2) is 12.7 Å². The van der Waals surface area contributed by atoms with Gasteiger partial charge < -0.3 is 8.94 Å². The van der Waals surface area contributed by atoms with Crippen LogP contribution in [0.4, 0.5) is 6.01 Å². The maximum atomic E-state index is 13.1. The highest BCUT2D eigenvalue weighted by molar-refractivity contribution is 7.92. The van der Waals surface area contributed by atoms with Gasteiger partial charge >= 0.3 is 6.01 Å². The molecule has 0 N–H and O–H groups in total. The Kier molecular flexibility index (Phi) is 4.37. The molecule has 0 aliphatic heterocycles. The van der Waals surface area contributed by atoms with E-state index in [0.717, 1.165) is 9.87 Å². The van der Waals surface area contributed by atoms with Gasteiger partial charge in [0.25, 0.3) is 10.0 Å². The van der Waals surface area contributed by atoms with Crippen molar-refractivity contribution in [3.63, 3.8) is 0 Å². The molecular weight excluding hydrogens is 390 g/mol. The summed E-state index contributed by atoms with van der Waals surface area (Å²) in [5.41, 5.74) is 2.33. The van der Waals surface area contributed by atoms with Crippen molar-refractivity contribution in [1.29, 1.82) is 0 Å². The van der Waals surface area contributed by atoms with Crippen LogP contribution in [-0.2, 0) is 10.0 Å². The van der Waals surface area contributed by atoms with Crippen LogP contribution in [0.15, 0.2) is 68.6 Å². The number of anilines is 1. The van der Waals surface area contributed by atoms with Crippen LogP contribution in [0.3, 0.4) is 0 Å². The average Bonchev–Trinajstić information content (AvgIpc) is 3.31. The van der Waals surface area contributed by atoms with E-state index in [4.69, 9.17) is 20.5 Å². The van der Waals surface area contributed by atoms with E-state index < -0.39 is 10.0 Å². The molecule has 0 unspecified atom stereocenters. The molecule has 0 aliphatic carbocycles. The molecule has 0 radical (unpaired) electrons. The van der Waals surface area contributed by atoms with Crippen molar-refractivity contribution in [2.24, 2.45) is 0 Å². The predicted octanol–water partition coefficient (Wildman–Crippen LogP) is 4.35. The number of rotatable bonds is 5. The topological polar surface area (TPSA) is 89.4 Å². The van der Waals surface area contributed by atoms with E-state index in [0.29, 0.717) is 21.8 Å². The molecule has 0 saturated heterocycles. The first kappa shape index (κ1) is 17.6. The van der Waals surface area contributed by atoms with E-state index in [1.165, 1.54) is 18.4 Å². The molecule has 27 heavy (non-hydrogen) atoms. The average molecular weight is 404 g/mol. The molecule has 0 spiro atoms. The monoisotopic (exact) mass is 403 g/mol. The molecule has 4 rings (SSSR count). The van der Waals surface area contributed by atoms with Gasteiger partial charge in [0.1, 0.15) is 17.5 Å². The second kappa shape index (κ2) is 6.71. The highest BCUT2D eigenvalue weighted by atomic mass is 35.5. The summed E-state index contributed by atoms with van der Waals surface area (Å²) in [7, 11) is -3.85. The van der Waals surface area contributed by atoms with Crippen LogP contribution < -0.4 is 4.31 Å². The van der Waals surface area contributed by atoms with Crippen LogP contribution in [0.5, 0.6) is 0 Å². The van der Waals surface area contributed by atoms with Crippen LogP contribution in [0.2, 0.25) is 5.02 Å². The van der Waals surface area contributed by atoms with Crippen LogP contribution in [0.1, 0.15) is 6.92 Å². The number of hydrogen-bond donors (Lipinski definition) is 0. The second-order valence-electron chi connectivity index (χ2n) is 5.69. The van der Waals surface area contributed by atoms with E-state index >= 15 is 0 Å². The normalized spacial score (nSPS) is 11.8. The Balaban J connectivity index is 1.71. The Morgan fingerprint density at radius 3 is 2.56 bits per heavy atom. The second-order valence-corrected chi connectivity index (χ2v) is 7.99. The third-order valence-electron chi connectivity index (χ3n) is 4.01. The van der Waals surface area contributed by atoms with E-state index in [-0.39, 0.29) is 17.5 Å². The molecule has 0 saturated carbocycles. The van der Waals surface area contributed by atoms with Crippen LogP contribution in [0, 0.1) is 0 Å². The lowest BCUT2D eigenvalue weighted by molar-refractivity contribution is 0.422. The fraction of sp³-hybridized carbons (Fsp3) is 0.111. The Morgan fingerprint density at radius 2 is 1.89 bits per heavy atom. The Labute approximate surface area is 160 Å². The van der Waals surface area contributed by atoms with Crippen molar-refractivity contribution in [3.8, 4) is 11.3 Å². The Morgan fingerprint density at radius 1 is 1.11 bits per heavy atom. The zero-order chi connectivity index (χ0) is 19.0. The fourth-order valence-electron chi connectivity index (χ4n) is 2.69. The fourth-order valence-corrected chi connectivity index (χ4v) is 4.21. The van der Waals surface area contributed by atoms with Gasteiger partial charge in [0, 0.05) is 23.2 Å². The minimum atomic E-state index is -3.85. The van der Waals surface area contributed by atoms with Crippen LogP contribution in [0.25, 0.3) is 22.4 Å². The number of oxazole rings is 1. The summed E-state index contributed by atoms with van der Waals surface area (Å²) in [6.45, 7) is 1.87. The first-order valence-electron chi connectivity index (χ1n) is 8.08. The van der Waals surface area contributed by atoms with Gasteiger partial charge in [0.15, 0.2) is 5.58 Å². The molecule has 2 heterocycles. The maximum absolute atomic E-state index is 13.1. The number of sulfonamides is 1. The third-order valence-corrected chi connectivity index (χ3v) is 6.11. The zero-order valence-electron chi connectivity index (χ0n) is 14.2. The standard InChI is InChI=1S/C18H14ClN3O4S/c1-2-22(18-20-16-11-13(19)5-8-17(16)26-18)27(23,24)14-6-3-12(4-7-14)15-9-10-25-21-15/h3-11H,2H2,1H3. The van der Waals surface area contributed by atoms with Gasteiger partial charge in [-0.05, 0) is 37.3 Å². The molecular formula is C18H14ClN3O4S. The first-order valence-corrected chi connectivity index (χ1v) is 9.90. The lowest BCUT2D eigenvalue weighted by Gasteiger charge is -2.18. The summed E-state index contributed by atoms with van der Waals surface area (Å²) in [4.78, 5) is 4.39. The molecule has 2 aromatic carbocycles. The van der Waals surface area contributed by atoms with Gasteiger partial charge in [-0.1, -0.05) is 28.9 Å². The molecule has 138 valence electrons. The molecule has 0 bridgehead atoms. The summed E-state index contributed by atoms with van der Waals surface area (Å²) in [6, 6.07) is 13.0. The summed E-state index contributed by atoms with van der Waals surface area (Å²) >= 11 is 5.96. The van der Waals surface area contributed by atoms with Crippen molar-refractivity contribution in [2.75, 3.05) is 10.8 Å². The van der Waals surface area contributed by atoms with Crippen molar-refractivity contribution in [1.82, 2.24) is 10.1 Å². The molecule has 0 fully saturated rings. The van der Waals surface area contributed by atoms with E-state index in [2.05, 4.69) is 10.1 Å². The molecule has 7 nitrogen and oxygen atoms in total. The van der Waals surface area contributed by atoms with Gasteiger partial charge in [0.2, 0.25) is 0 Å². The van der Waals surface area contributed by atoms with E-state index in [1.54, 1.807) is 43.3 Å². The quantitative estimate of drug-likeness (QED) is 0.492. The summed E-state index contributed by atoms with van der Waals surface area (Å²) in [6.07, 6.45) is 1.46. The van der Waals surface area contributed by atoms with Gasteiger partial charge in [0.05, 0.1) is 4.90 Å². The van der Waals surface area contributed by atoms with Crippen molar-refractivity contribution in [2.45, 2.75) is 11.8 Å². The van der Waals surface area contributed by atoms with Gasteiger partial charge in [-0.3, -0.25) is 0 Å². The highest BCUT2D eigenvalue weighted by Crippen LogP contribution is 2.29. The highest BCUT2D eigenvalue weighted by Gasteiger charge is 2.27. The minimum absolute atomic E-state index is 0.00431. The molecule has 2 aromatic heterocycles. The van der Waals surface area contributed by atoms with E-state index in [1.807, 2.05) is 0 Å². The summed E-state index contributed by atoms with van der Waals surface area (Å²) in [5.74, 6) is 0. The maximum Gasteiger partial charge on any atom is 0.312 e. The number of fused-ring (bicyclic) bond motifs is 1. The smallest absolute Gasteiger partial charge is 0.312 e. The number of aromatic nitrogens is 2. The minimum Gasteiger partial charge on any atom is -0.423 e. The number of halogens is 1. The number of nitrogens with zero attached hydrogens (tertiary/aromatic N) is 3. The molecule has 0 aliphatic rings.